The summed E-state index contributed by atoms with van der Waals surface area (Å²) in [6, 6.07) is 0. The molecule has 4 heteroatoms. The lowest BCUT2D eigenvalue weighted by Gasteiger charge is -2.35. The lowest BCUT2D eigenvalue weighted by Crippen LogP contribution is -2.43. The van der Waals surface area contributed by atoms with Crippen LogP contribution in [0.1, 0.15) is 49.4 Å². The number of carbonyl (C=O) groups is 1. The van der Waals surface area contributed by atoms with Gasteiger partial charge in [0.1, 0.15) is 11.9 Å². The first-order chi connectivity index (χ1) is 8.28. The van der Waals surface area contributed by atoms with E-state index in [0.717, 1.165) is 25.7 Å². The molecule has 0 atom stereocenters. The Bertz CT molecular complexity index is 367. The highest BCUT2D eigenvalue weighted by Gasteiger charge is 2.40. The van der Waals surface area contributed by atoms with E-state index in [2.05, 4.69) is 9.97 Å². The highest BCUT2D eigenvalue weighted by atomic mass is 16.5. The van der Waals surface area contributed by atoms with E-state index >= 15 is 0 Å². The molecule has 0 spiro atoms. The van der Waals surface area contributed by atoms with Crippen molar-refractivity contribution in [2.24, 2.45) is 0 Å². The van der Waals surface area contributed by atoms with Gasteiger partial charge in [-0.25, -0.2) is 9.97 Å². The van der Waals surface area contributed by atoms with Crippen molar-refractivity contribution in [3.63, 3.8) is 0 Å². The summed E-state index contributed by atoms with van der Waals surface area (Å²) in [7, 11) is 0. The zero-order valence-corrected chi connectivity index (χ0v) is 10.2. The number of hydrogen-bond acceptors (Lipinski definition) is 4. The molecule has 1 aromatic heterocycles. The Labute approximate surface area is 101 Å². The van der Waals surface area contributed by atoms with Gasteiger partial charge < -0.3 is 4.74 Å². The van der Waals surface area contributed by atoms with Crippen LogP contribution in [-0.2, 0) is 4.74 Å². The monoisotopic (exact) mass is 234 g/mol. The highest BCUT2D eigenvalue weighted by Crippen LogP contribution is 2.34. The minimum atomic E-state index is -0.627. The van der Waals surface area contributed by atoms with Crippen LogP contribution in [0, 0.1) is 0 Å². The number of hydrogen-bond donors (Lipinski definition) is 0. The van der Waals surface area contributed by atoms with Crippen LogP contribution in [0.15, 0.2) is 18.7 Å². The second kappa shape index (κ2) is 5.36. The summed E-state index contributed by atoms with van der Waals surface area (Å²) < 4.78 is 5.78. The molecule has 1 aromatic rings. The summed E-state index contributed by atoms with van der Waals surface area (Å²) in [6.45, 7) is 2.50. The van der Waals surface area contributed by atoms with E-state index in [0.29, 0.717) is 12.2 Å². The van der Waals surface area contributed by atoms with Crippen molar-refractivity contribution in [3.05, 3.63) is 24.3 Å². The first kappa shape index (κ1) is 12.2. The molecule has 17 heavy (non-hydrogen) atoms. The Morgan fingerprint density at radius 2 is 1.94 bits per heavy atom. The van der Waals surface area contributed by atoms with E-state index in [1.165, 1.54) is 12.7 Å². The molecule has 0 bridgehead atoms. The van der Waals surface area contributed by atoms with Crippen LogP contribution in [0.5, 0.6) is 0 Å². The summed E-state index contributed by atoms with van der Waals surface area (Å²) in [5.74, 6) is 0.0413. The van der Waals surface area contributed by atoms with Crippen LogP contribution in [-0.4, -0.2) is 28.0 Å². The maximum Gasteiger partial charge on any atom is 0.197 e. The molecule has 92 valence electrons. The molecule has 0 saturated heterocycles. The first-order valence-corrected chi connectivity index (χ1v) is 6.22. The fourth-order valence-corrected chi connectivity index (χ4v) is 2.52. The van der Waals surface area contributed by atoms with Crippen LogP contribution in [0.2, 0.25) is 0 Å². The largest absolute Gasteiger partial charge is 0.367 e. The predicted molar refractivity (Wildman–Crippen MR) is 63.8 cm³/mol. The molecule has 1 aliphatic rings. The third-order valence-corrected chi connectivity index (χ3v) is 3.32. The van der Waals surface area contributed by atoms with Crippen LogP contribution in [0.4, 0.5) is 0 Å². The van der Waals surface area contributed by atoms with Gasteiger partial charge in [0.2, 0.25) is 0 Å². The van der Waals surface area contributed by atoms with Gasteiger partial charge in [-0.3, -0.25) is 4.79 Å². The van der Waals surface area contributed by atoms with Crippen molar-refractivity contribution in [3.8, 4) is 0 Å². The molecule has 0 N–H and O–H groups in total. The van der Waals surface area contributed by atoms with E-state index in [1.807, 2.05) is 6.92 Å². The van der Waals surface area contributed by atoms with Gasteiger partial charge in [0.05, 0.1) is 5.56 Å². The minimum Gasteiger partial charge on any atom is -0.367 e. The summed E-state index contributed by atoms with van der Waals surface area (Å²) >= 11 is 0. The van der Waals surface area contributed by atoms with Gasteiger partial charge in [0.15, 0.2) is 5.78 Å². The van der Waals surface area contributed by atoms with Gasteiger partial charge in [-0.05, 0) is 19.8 Å². The molecule has 0 amide bonds. The van der Waals surface area contributed by atoms with Crippen LogP contribution in [0.3, 0.4) is 0 Å². The summed E-state index contributed by atoms with van der Waals surface area (Å²) in [5, 5.41) is 0. The Kier molecular flexibility index (Phi) is 3.84. The zero-order valence-electron chi connectivity index (χ0n) is 10.2. The third kappa shape index (κ3) is 2.52. The number of aromatic nitrogens is 2. The van der Waals surface area contributed by atoms with Crippen molar-refractivity contribution in [2.75, 3.05) is 6.61 Å². The molecule has 0 aromatic carbocycles. The Hall–Kier alpha value is -1.29. The number of Topliss-reactive ketones (excluding diaryl/α,β-unsaturated/α-hetero) is 1. The highest BCUT2D eigenvalue weighted by molar-refractivity contribution is 6.02. The van der Waals surface area contributed by atoms with Gasteiger partial charge in [-0.15, -0.1) is 0 Å². The molecular formula is C13H18N2O2. The van der Waals surface area contributed by atoms with Crippen molar-refractivity contribution in [1.82, 2.24) is 9.97 Å². The maximum absolute atomic E-state index is 12.5. The molecule has 4 nitrogen and oxygen atoms in total. The van der Waals surface area contributed by atoms with Crippen LogP contribution in [0.25, 0.3) is 0 Å². The Morgan fingerprint density at radius 1 is 1.29 bits per heavy atom. The SMILES string of the molecule is CCOC1(C(=O)c2cncnc2)CCCCC1. The molecule has 1 heterocycles. The molecule has 0 radical (unpaired) electrons. The number of carbonyl (C=O) groups excluding carboxylic acids is 1. The van der Waals surface area contributed by atoms with Crippen molar-refractivity contribution in [2.45, 2.75) is 44.6 Å². The average molecular weight is 234 g/mol. The average Bonchev–Trinajstić information content (AvgIpc) is 2.40. The maximum atomic E-state index is 12.5. The summed E-state index contributed by atoms with van der Waals surface area (Å²) in [5.41, 5.74) is -0.0691. The Balaban J connectivity index is 2.24. The zero-order chi connectivity index (χ0) is 12.1. The van der Waals surface area contributed by atoms with Crippen molar-refractivity contribution >= 4 is 5.78 Å². The third-order valence-electron chi connectivity index (χ3n) is 3.32. The van der Waals surface area contributed by atoms with Gasteiger partial charge in [0, 0.05) is 19.0 Å². The van der Waals surface area contributed by atoms with Crippen LogP contribution < -0.4 is 0 Å². The number of ether oxygens (including phenoxy) is 1. The minimum absolute atomic E-state index is 0.0413. The fourth-order valence-electron chi connectivity index (χ4n) is 2.52. The van der Waals surface area contributed by atoms with Gasteiger partial charge in [0.25, 0.3) is 0 Å². The molecule has 0 aliphatic heterocycles. The molecular weight excluding hydrogens is 216 g/mol. The first-order valence-electron chi connectivity index (χ1n) is 6.22. The van der Waals surface area contributed by atoms with Crippen molar-refractivity contribution in [1.29, 1.82) is 0 Å². The number of ketones is 1. The fraction of sp³-hybridized carbons (Fsp3) is 0.615. The van der Waals surface area contributed by atoms with E-state index in [-0.39, 0.29) is 5.78 Å². The summed E-state index contributed by atoms with van der Waals surface area (Å²) in [6.07, 6.45) is 9.51. The summed E-state index contributed by atoms with van der Waals surface area (Å²) in [4.78, 5) is 20.3. The van der Waals surface area contributed by atoms with Gasteiger partial charge in [-0.2, -0.15) is 0 Å². The lowest BCUT2D eigenvalue weighted by atomic mass is 9.79. The normalized spacial score (nSPS) is 18.9. The molecule has 1 aliphatic carbocycles. The van der Waals surface area contributed by atoms with E-state index < -0.39 is 5.60 Å². The molecule has 1 fully saturated rings. The molecule has 1 saturated carbocycles. The second-order valence-corrected chi connectivity index (χ2v) is 4.44. The molecule has 0 unspecified atom stereocenters. The number of nitrogens with zero attached hydrogens (tertiary/aromatic N) is 2. The predicted octanol–water partition coefficient (Wildman–Crippen LogP) is 2.40. The standard InChI is InChI=1S/C13H18N2O2/c1-2-17-13(6-4-3-5-7-13)12(16)11-8-14-10-15-9-11/h8-10H,2-7H2,1H3. The van der Waals surface area contributed by atoms with E-state index in [1.54, 1.807) is 12.4 Å². The topological polar surface area (TPSA) is 52.1 Å². The van der Waals surface area contributed by atoms with Gasteiger partial charge >= 0.3 is 0 Å². The van der Waals surface area contributed by atoms with E-state index in [4.69, 9.17) is 4.74 Å². The van der Waals surface area contributed by atoms with E-state index in [9.17, 15) is 4.79 Å². The molecule has 2 rings (SSSR count). The number of rotatable bonds is 4. The van der Waals surface area contributed by atoms with Gasteiger partial charge in [-0.1, -0.05) is 19.3 Å². The second-order valence-electron chi connectivity index (χ2n) is 4.44. The van der Waals surface area contributed by atoms with Crippen molar-refractivity contribution < 1.29 is 9.53 Å². The quantitative estimate of drug-likeness (QED) is 0.751. The lowest BCUT2D eigenvalue weighted by molar-refractivity contribution is -0.0411. The smallest absolute Gasteiger partial charge is 0.197 e. The van der Waals surface area contributed by atoms with Crippen LogP contribution >= 0.6 is 0 Å². The Morgan fingerprint density at radius 3 is 2.53 bits per heavy atom.